The molecule has 3 N–H and O–H groups in total. The van der Waals surface area contributed by atoms with Crippen LogP contribution in [0.15, 0.2) is 0 Å². The van der Waals surface area contributed by atoms with Gasteiger partial charge in [0.1, 0.15) is 0 Å². The van der Waals surface area contributed by atoms with Crippen LogP contribution in [0.4, 0.5) is 0 Å². The Kier molecular flexibility index (Phi) is 6.84. The number of nitrogens with two attached hydrogens (primary N) is 1. The fourth-order valence-corrected chi connectivity index (χ4v) is 3.63. The highest BCUT2D eigenvalue weighted by Crippen LogP contribution is 2.29. The second-order valence-electron chi connectivity index (χ2n) is 6.92. The Morgan fingerprint density at radius 1 is 1.22 bits per heavy atom. The van der Waals surface area contributed by atoms with Crippen molar-refractivity contribution < 1.29 is 14.3 Å². The Morgan fingerprint density at radius 2 is 1.87 bits per heavy atom. The molecule has 132 valence electrons. The van der Waals surface area contributed by atoms with E-state index in [1.807, 2.05) is 4.90 Å². The van der Waals surface area contributed by atoms with Gasteiger partial charge in [0.05, 0.1) is 5.54 Å². The third-order valence-electron chi connectivity index (χ3n) is 5.15. The van der Waals surface area contributed by atoms with E-state index >= 15 is 0 Å². The van der Waals surface area contributed by atoms with Crippen molar-refractivity contribution in [1.82, 2.24) is 10.2 Å². The van der Waals surface area contributed by atoms with Gasteiger partial charge in [-0.15, -0.1) is 0 Å². The van der Waals surface area contributed by atoms with E-state index in [2.05, 4.69) is 5.32 Å². The largest absolute Gasteiger partial charge is 0.385 e. The summed E-state index contributed by atoms with van der Waals surface area (Å²) in [6, 6.07) is 0. The predicted molar refractivity (Wildman–Crippen MR) is 88.8 cm³/mol. The Balaban J connectivity index is 1.74. The van der Waals surface area contributed by atoms with Gasteiger partial charge in [-0.2, -0.15) is 0 Å². The standard InChI is InChI=1S/C17H31N3O3/c1-23-13-5-10-19-15(21)14-6-11-20(12-7-14)16(22)17(18)8-3-2-4-9-17/h14H,2-13,18H2,1H3,(H,19,21). The first-order valence-electron chi connectivity index (χ1n) is 8.92. The number of nitrogens with zero attached hydrogens (tertiary/aromatic N) is 1. The first kappa shape index (κ1) is 18.2. The molecule has 2 amide bonds. The second-order valence-corrected chi connectivity index (χ2v) is 6.92. The van der Waals surface area contributed by atoms with Crippen LogP contribution in [-0.2, 0) is 14.3 Å². The molecular weight excluding hydrogens is 294 g/mol. The molecule has 0 aromatic carbocycles. The summed E-state index contributed by atoms with van der Waals surface area (Å²) in [4.78, 5) is 26.7. The predicted octanol–water partition coefficient (Wildman–Crippen LogP) is 1.04. The minimum absolute atomic E-state index is 0.0154. The summed E-state index contributed by atoms with van der Waals surface area (Å²) in [6.07, 6.45) is 7.16. The number of carbonyl (C=O) groups excluding carboxylic acids is 2. The highest BCUT2D eigenvalue weighted by molar-refractivity contribution is 5.86. The van der Waals surface area contributed by atoms with Gasteiger partial charge in [0.15, 0.2) is 0 Å². The van der Waals surface area contributed by atoms with Crippen LogP contribution in [0.5, 0.6) is 0 Å². The molecule has 0 aromatic heterocycles. The van der Waals surface area contributed by atoms with Gasteiger partial charge in [-0.05, 0) is 32.1 Å². The Hall–Kier alpha value is -1.14. The van der Waals surface area contributed by atoms with Crippen LogP contribution in [0.25, 0.3) is 0 Å². The lowest BCUT2D eigenvalue weighted by Crippen LogP contribution is -2.58. The molecule has 6 heteroatoms. The molecule has 6 nitrogen and oxygen atoms in total. The number of methoxy groups -OCH3 is 1. The van der Waals surface area contributed by atoms with E-state index in [0.717, 1.165) is 44.9 Å². The minimum Gasteiger partial charge on any atom is -0.385 e. The molecule has 2 aliphatic rings. The highest BCUT2D eigenvalue weighted by Gasteiger charge is 2.39. The maximum Gasteiger partial charge on any atom is 0.242 e. The molecule has 0 spiro atoms. The molecule has 23 heavy (non-hydrogen) atoms. The minimum atomic E-state index is -0.659. The summed E-state index contributed by atoms with van der Waals surface area (Å²) in [5.41, 5.74) is 5.68. The number of ether oxygens (including phenoxy) is 1. The molecule has 1 heterocycles. The van der Waals surface area contributed by atoms with Crippen LogP contribution < -0.4 is 11.1 Å². The van der Waals surface area contributed by atoms with Gasteiger partial charge in [0.2, 0.25) is 11.8 Å². The molecule has 1 saturated heterocycles. The van der Waals surface area contributed by atoms with E-state index in [0.29, 0.717) is 26.2 Å². The van der Waals surface area contributed by atoms with Gasteiger partial charge in [0, 0.05) is 39.3 Å². The van der Waals surface area contributed by atoms with Crippen molar-refractivity contribution >= 4 is 11.8 Å². The number of nitrogens with one attached hydrogen (secondary N) is 1. The van der Waals surface area contributed by atoms with Crippen LogP contribution in [0.3, 0.4) is 0 Å². The van der Waals surface area contributed by atoms with E-state index in [1.54, 1.807) is 7.11 Å². The average molecular weight is 325 g/mol. The van der Waals surface area contributed by atoms with Gasteiger partial charge in [-0.3, -0.25) is 9.59 Å². The molecular formula is C17H31N3O3. The maximum absolute atomic E-state index is 12.7. The molecule has 0 bridgehead atoms. The van der Waals surface area contributed by atoms with E-state index < -0.39 is 5.54 Å². The topological polar surface area (TPSA) is 84.7 Å². The first-order valence-corrected chi connectivity index (χ1v) is 8.92. The summed E-state index contributed by atoms with van der Waals surface area (Å²) < 4.78 is 4.97. The monoisotopic (exact) mass is 325 g/mol. The van der Waals surface area contributed by atoms with Crippen molar-refractivity contribution in [3.63, 3.8) is 0 Å². The number of piperidine rings is 1. The highest BCUT2D eigenvalue weighted by atomic mass is 16.5. The molecule has 1 aliphatic heterocycles. The number of hydrogen-bond acceptors (Lipinski definition) is 4. The zero-order valence-corrected chi connectivity index (χ0v) is 14.3. The van der Waals surface area contributed by atoms with Gasteiger partial charge in [-0.1, -0.05) is 19.3 Å². The van der Waals surface area contributed by atoms with Crippen molar-refractivity contribution in [2.45, 2.75) is 56.9 Å². The summed E-state index contributed by atoms with van der Waals surface area (Å²) >= 11 is 0. The first-order chi connectivity index (χ1) is 11.1. The zero-order valence-electron chi connectivity index (χ0n) is 14.3. The number of carbonyl (C=O) groups is 2. The van der Waals surface area contributed by atoms with Crippen molar-refractivity contribution in [2.75, 3.05) is 33.4 Å². The molecule has 1 aliphatic carbocycles. The zero-order chi connectivity index (χ0) is 16.7. The number of likely N-dealkylation sites (tertiary alicyclic amines) is 1. The van der Waals surface area contributed by atoms with Crippen LogP contribution >= 0.6 is 0 Å². The van der Waals surface area contributed by atoms with E-state index in [9.17, 15) is 9.59 Å². The third-order valence-corrected chi connectivity index (χ3v) is 5.15. The Bertz CT molecular complexity index is 400. The molecule has 2 rings (SSSR count). The maximum atomic E-state index is 12.7. The van der Waals surface area contributed by atoms with Gasteiger partial charge in [-0.25, -0.2) is 0 Å². The van der Waals surface area contributed by atoms with Crippen LogP contribution in [0, 0.1) is 5.92 Å². The van der Waals surface area contributed by atoms with E-state index in [4.69, 9.17) is 10.5 Å². The van der Waals surface area contributed by atoms with Crippen molar-refractivity contribution in [1.29, 1.82) is 0 Å². The quantitative estimate of drug-likeness (QED) is 0.715. The summed E-state index contributed by atoms with van der Waals surface area (Å²) in [7, 11) is 1.66. The lowest BCUT2D eigenvalue weighted by molar-refractivity contribution is -0.141. The summed E-state index contributed by atoms with van der Waals surface area (Å²) in [5, 5.41) is 2.96. The fraction of sp³-hybridized carbons (Fsp3) is 0.882. The normalized spacial score (nSPS) is 21.9. The summed E-state index contributed by atoms with van der Waals surface area (Å²) in [5.74, 6) is 0.214. The molecule has 0 radical (unpaired) electrons. The molecule has 0 aromatic rings. The third kappa shape index (κ3) is 4.91. The van der Waals surface area contributed by atoms with Gasteiger partial charge < -0.3 is 20.7 Å². The van der Waals surface area contributed by atoms with Crippen molar-refractivity contribution in [3.05, 3.63) is 0 Å². The van der Waals surface area contributed by atoms with Crippen molar-refractivity contribution in [3.8, 4) is 0 Å². The number of rotatable bonds is 6. The molecule has 1 saturated carbocycles. The van der Waals surface area contributed by atoms with E-state index in [-0.39, 0.29) is 17.7 Å². The lowest BCUT2D eigenvalue weighted by atomic mass is 9.81. The Morgan fingerprint density at radius 3 is 2.48 bits per heavy atom. The van der Waals surface area contributed by atoms with Gasteiger partial charge >= 0.3 is 0 Å². The second kappa shape index (κ2) is 8.64. The average Bonchev–Trinajstić information content (AvgIpc) is 2.58. The fourth-order valence-electron chi connectivity index (χ4n) is 3.63. The SMILES string of the molecule is COCCCNC(=O)C1CCN(C(=O)C2(N)CCCCC2)CC1. The number of hydrogen-bond donors (Lipinski definition) is 2. The van der Waals surface area contributed by atoms with Crippen LogP contribution in [0.1, 0.15) is 51.4 Å². The van der Waals surface area contributed by atoms with Crippen LogP contribution in [0.2, 0.25) is 0 Å². The van der Waals surface area contributed by atoms with Gasteiger partial charge in [0.25, 0.3) is 0 Å². The van der Waals surface area contributed by atoms with Crippen LogP contribution in [-0.4, -0.2) is 55.6 Å². The molecule has 0 atom stereocenters. The number of amides is 2. The Labute approximate surface area is 139 Å². The molecule has 0 unspecified atom stereocenters. The molecule has 2 fully saturated rings. The smallest absolute Gasteiger partial charge is 0.242 e. The summed E-state index contributed by atoms with van der Waals surface area (Å²) in [6.45, 7) is 2.60. The van der Waals surface area contributed by atoms with E-state index in [1.165, 1.54) is 6.42 Å². The lowest BCUT2D eigenvalue weighted by Gasteiger charge is -2.39. The van der Waals surface area contributed by atoms with Crippen molar-refractivity contribution in [2.24, 2.45) is 11.7 Å².